The van der Waals surface area contributed by atoms with Gasteiger partial charge in [0.25, 0.3) is 0 Å². The van der Waals surface area contributed by atoms with Crippen molar-refractivity contribution in [1.82, 2.24) is 19.8 Å². The number of benzene rings is 1. The maximum atomic E-state index is 13.7. The van der Waals surface area contributed by atoms with Gasteiger partial charge in [-0.15, -0.1) is 0 Å². The van der Waals surface area contributed by atoms with Crippen LogP contribution in [0, 0.1) is 11.3 Å². The Bertz CT molecular complexity index is 1240. The van der Waals surface area contributed by atoms with E-state index in [1.54, 1.807) is 4.90 Å². The highest BCUT2D eigenvalue weighted by Crippen LogP contribution is 2.34. The number of aryl methyl sites for hydroxylation is 1. The second-order valence-corrected chi connectivity index (χ2v) is 10.3. The predicted octanol–water partition coefficient (Wildman–Crippen LogP) is 4.87. The number of carbonyl (C=O) groups is 1. The van der Waals surface area contributed by atoms with E-state index in [9.17, 15) is 18.0 Å². The molecule has 0 saturated carbocycles. The lowest BCUT2D eigenvalue weighted by Gasteiger charge is -2.40. The molecule has 222 valence electrons. The second kappa shape index (κ2) is 13.7. The highest BCUT2D eigenvalue weighted by atomic mass is 19.4. The van der Waals surface area contributed by atoms with E-state index < -0.39 is 11.7 Å². The van der Waals surface area contributed by atoms with Crippen LogP contribution in [-0.4, -0.2) is 84.8 Å². The molecule has 1 amide bonds. The Morgan fingerprint density at radius 3 is 2.80 bits per heavy atom. The van der Waals surface area contributed by atoms with Gasteiger partial charge >= 0.3 is 12.3 Å². The average Bonchev–Trinajstić information content (AvgIpc) is 3.15. The first-order valence-corrected chi connectivity index (χ1v) is 14.0. The van der Waals surface area contributed by atoms with Gasteiger partial charge in [-0.2, -0.15) is 23.4 Å². The number of nitrogens with zero attached hydrogens (tertiary/aromatic N) is 6. The van der Waals surface area contributed by atoms with Crippen LogP contribution in [0.3, 0.4) is 0 Å². The molecule has 0 unspecified atom stereocenters. The summed E-state index contributed by atoms with van der Waals surface area (Å²) in [6.45, 7) is 5.97. The molecule has 2 aliphatic heterocycles. The minimum Gasteiger partial charge on any atom is -0.449 e. The van der Waals surface area contributed by atoms with E-state index in [0.717, 1.165) is 49.9 Å². The summed E-state index contributed by atoms with van der Waals surface area (Å²) in [5.41, 5.74) is 1.77. The Labute approximate surface area is 238 Å². The number of alkyl halides is 3. The molecule has 13 heteroatoms. The highest BCUT2D eigenvalue weighted by Gasteiger charge is 2.35. The quantitative estimate of drug-likeness (QED) is 0.384. The zero-order chi connectivity index (χ0) is 29.4. The molecule has 2 saturated heterocycles. The van der Waals surface area contributed by atoms with E-state index in [2.05, 4.69) is 42.5 Å². The Hall–Kier alpha value is -3.79. The van der Waals surface area contributed by atoms with Gasteiger partial charge in [-0.05, 0) is 56.5 Å². The molecule has 10 nitrogen and oxygen atoms in total. The number of ether oxygens (including phenoxy) is 1. The maximum absolute atomic E-state index is 13.7. The lowest BCUT2D eigenvalue weighted by molar-refractivity contribution is -0.137. The Kier molecular flexibility index (Phi) is 10.1. The van der Waals surface area contributed by atoms with Crippen LogP contribution in [0.4, 0.5) is 41.1 Å². The monoisotopic (exact) mass is 574 g/mol. The number of rotatable bonds is 10. The molecule has 2 N–H and O–H groups in total. The zero-order valence-electron chi connectivity index (χ0n) is 23.5. The molecule has 1 aromatic heterocycles. The van der Waals surface area contributed by atoms with Gasteiger partial charge in [0.1, 0.15) is 11.4 Å². The fraction of sp³-hybridized carbons (Fsp3) is 0.571. The van der Waals surface area contributed by atoms with Crippen LogP contribution in [-0.2, 0) is 17.3 Å². The molecular weight excluding hydrogens is 537 g/mol. The largest absolute Gasteiger partial charge is 0.449 e. The smallest absolute Gasteiger partial charge is 0.421 e. The van der Waals surface area contributed by atoms with Crippen LogP contribution in [0.15, 0.2) is 24.4 Å². The molecule has 0 aliphatic carbocycles. The molecule has 2 fully saturated rings. The molecule has 2 aromatic rings. The molecule has 1 aromatic carbocycles. The maximum Gasteiger partial charge on any atom is 0.421 e. The number of nitrogens with one attached hydrogen (secondary N) is 2. The van der Waals surface area contributed by atoms with Crippen LogP contribution < -0.4 is 15.5 Å². The number of hydrogen-bond acceptors (Lipinski definition) is 9. The van der Waals surface area contributed by atoms with Crippen molar-refractivity contribution in [1.29, 1.82) is 5.26 Å². The van der Waals surface area contributed by atoms with Crippen LogP contribution in [0.2, 0.25) is 0 Å². The molecule has 4 rings (SSSR count). The second-order valence-electron chi connectivity index (χ2n) is 10.3. The molecule has 0 spiro atoms. The minimum absolute atomic E-state index is 0.0488. The van der Waals surface area contributed by atoms with Crippen LogP contribution >= 0.6 is 0 Å². The number of hydrogen-bond donors (Lipinski definition) is 2. The minimum atomic E-state index is -4.63. The van der Waals surface area contributed by atoms with Crippen LogP contribution in [0.5, 0.6) is 0 Å². The van der Waals surface area contributed by atoms with Crippen molar-refractivity contribution in [2.75, 3.05) is 68.5 Å². The topological polar surface area (TPSA) is 110 Å². The molecule has 41 heavy (non-hydrogen) atoms. The van der Waals surface area contributed by atoms with E-state index >= 15 is 0 Å². The van der Waals surface area contributed by atoms with Gasteiger partial charge in [0.15, 0.2) is 0 Å². The predicted molar refractivity (Wildman–Crippen MR) is 150 cm³/mol. The van der Waals surface area contributed by atoms with Crippen molar-refractivity contribution in [3.05, 3.63) is 35.5 Å². The fourth-order valence-electron chi connectivity index (χ4n) is 5.03. The van der Waals surface area contributed by atoms with E-state index in [-0.39, 0.29) is 30.4 Å². The van der Waals surface area contributed by atoms with Gasteiger partial charge in [-0.1, -0.05) is 6.92 Å². The first-order valence-electron chi connectivity index (χ1n) is 14.0. The van der Waals surface area contributed by atoms with Gasteiger partial charge in [0.2, 0.25) is 5.95 Å². The normalized spacial score (nSPS) is 18.4. The van der Waals surface area contributed by atoms with E-state index in [1.807, 2.05) is 26.1 Å². The van der Waals surface area contributed by atoms with Gasteiger partial charge < -0.3 is 25.2 Å². The summed E-state index contributed by atoms with van der Waals surface area (Å²) in [5.74, 6) is -0.267. The third-order valence-corrected chi connectivity index (χ3v) is 7.48. The standard InChI is InChI=1S/C28H37F3N8O2/c1-3-20-17-21(39-15-14-37(2)22(19-39)9-10-32)7-8-24(20)35-26-34-18-23(28(29,30)31)25(36-26)33-11-6-13-38-12-4-5-16-41-27(38)40/h7-8,17-18,22H,3-6,9,11-16,19H2,1-2H3,(H2,33,34,35,36)/t22-/m0/s1. The molecule has 1 atom stereocenters. The first kappa shape index (κ1) is 30.2. The van der Waals surface area contributed by atoms with Crippen LogP contribution in [0.25, 0.3) is 0 Å². The summed E-state index contributed by atoms with van der Waals surface area (Å²) in [6, 6.07) is 8.34. The SMILES string of the molecule is CCc1cc(N2CCN(C)[C@@H](CC#N)C2)ccc1Nc1ncc(C(F)(F)F)c(NCCCN2CCCCOC2=O)n1. The van der Waals surface area contributed by atoms with Crippen molar-refractivity contribution in [2.45, 2.75) is 51.2 Å². The number of likely N-dealkylation sites (N-methyl/N-ethyl adjacent to an activating group) is 1. The van der Waals surface area contributed by atoms with Crippen LogP contribution in [0.1, 0.15) is 43.7 Å². The van der Waals surface area contributed by atoms with Crippen molar-refractivity contribution >= 4 is 29.2 Å². The lowest BCUT2D eigenvalue weighted by atomic mass is 10.1. The first-order chi connectivity index (χ1) is 19.7. The van der Waals surface area contributed by atoms with Gasteiger partial charge in [0, 0.05) is 62.9 Å². The highest BCUT2D eigenvalue weighted by molar-refractivity contribution is 5.68. The third-order valence-electron chi connectivity index (χ3n) is 7.48. The number of piperazine rings is 1. The van der Waals surface area contributed by atoms with Crippen molar-refractivity contribution in [2.24, 2.45) is 0 Å². The number of cyclic esters (lactones) is 1. The number of aromatic nitrogens is 2. The third kappa shape index (κ3) is 7.91. The zero-order valence-corrected chi connectivity index (χ0v) is 23.5. The van der Waals surface area contributed by atoms with Gasteiger partial charge in [0.05, 0.1) is 19.1 Å². The Morgan fingerprint density at radius 1 is 1.22 bits per heavy atom. The number of amides is 1. The number of nitriles is 1. The van der Waals surface area contributed by atoms with E-state index in [0.29, 0.717) is 44.6 Å². The number of anilines is 4. The van der Waals surface area contributed by atoms with Gasteiger partial charge in [-0.3, -0.25) is 4.90 Å². The van der Waals surface area contributed by atoms with E-state index in [4.69, 9.17) is 10.00 Å². The average molecular weight is 575 g/mol. The summed E-state index contributed by atoms with van der Waals surface area (Å²) in [7, 11) is 2.03. The van der Waals surface area contributed by atoms with E-state index in [1.165, 1.54) is 0 Å². The molecule has 0 bridgehead atoms. The Morgan fingerprint density at radius 2 is 2.05 bits per heavy atom. The molecule has 0 radical (unpaired) electrons. The fourth-order valence-corrected chi connectivity index (χ4v) is 5.03. The lowest BCUT2D eigenvalue weighted by Crippen LogP contribution is -2.51. The van der Waals surface area contributed by atoms with Gasteiger partial charge in [-0.25, -0.2) is 9.78 Å². The van der Waals surface area contributed by atoms with Crippen molar-refractivity contribution in [3.8, 4) is 6.07 Å². The molecule has 2 aliphatic rings. The number of carbonyl (C=O) groups excluding carboxylic acids is 1. The molecular formula is C28H37F3N8O2. The van der Waals surface area contributed by atoms with Crippen molar-refractivity contribution < 1.29 is 22.7 Å². The Balaban J connectivity index is 1.45. The van der Waals surface area contributed by atoms with Crippen molar-refractivity contribution in [3.63, 3.8) is 0 Å². The molecule has 3 heterocycles. The number of halogens is 3. The summed E-state index contributed by atoms with van der Waals surface area (Å²) < 4.78 is 46.2. The summed E-state index contributed by atoms with van der Waals surface area (Å²) in [5, 5.41) is 15.1. The summed E-state index contributed by atoms with van der Waals surface area (Å²) >= 11 is 0. The summed E-state index contributed by atoms with van der Waals surface area (Å²) in [4.78, 5) is 26.1. The summed E-state index contributed by atoms with van der Waals surface area (Å²) in [6.07, 6.45) is -1.03.